The van der Waals surface area contributed by atoms with Crippen LogP contribution in [0.4, 0.5) is 5.13 Å². The minimum Gasteiger partial charge on any atom is -0.344 e. The van der Waals surface area contributed by atoms with Crippen LogP contribution in [0, 0.1) is 11.5 Å². The van der Waals surface area contributed by atoms with Gasteiger partial charge in [0.05, 0.1) is 12.6 Å². The molecule has 3 heterocycles. The Balaban J connectivity index is 1.45. The first-order chi connectivity index (χ1) is 11.7. The van der Waals surface area contributed by atoms with Crippen LogP contribution in [-0.4, -0.2) is 59.5 Å². The van der Waals surface area contributed by atoms with E-state index in [1.165, 1.54) is 37.0 Å². The smallest absolute Gasteiger partial charge is 0.243 e. The van der Waals surface area contributed by atoms with Crippen LogP contribution in [-0.2, 0) is 4.79 Å². The molecule has 7 heteroatoms. The van der Waals surface area contributed by atoms with Gasteiger partial charge in [0.15, 0.2) is 11.3 Å². The van der Waals surface area contributed by atoms with Crippen LogP contribution < -0.4 is 4.90 Å². The van der Waals surface area contributed by atoms with Crippen LogP contribution >= 0.6 is 11.3 Å². The fraction of sp³-hybridized carbons (Fsp3) is 0.706. The van der Waals surface area contributed by atoms with Gasteiger partial charge in [0.2, 0.25) is 5.91 Å². The molecule has 2 aliphatic heterocycles. The molecule has 0 radical (unpaired) electrons. The van der Waals surface area contributed by atoms with E-state index in [9.17, 15) is 4.79 Å². The van der Waals surface area contributed by atoms with Crippen molar-refractivity contribution < 1.29 is 4.79 Å². The topological polar surface area (TPSA) is 63.5 Å². The van der Waals surface area contributed by atoms with Crippen LogP contribution in [0.3, 0.4) is 0 Å². The lowest BCUT2D eigenvalue weighted by Crippen LogP contribution is -2.63. The number of thiazole rings is 1. The number of carbonyl (C=O) groups is 1. The van der Waals surface area contributed by atoms with Crippen molar-refractivity contribution in [3.63, 3.8) is 0 Å². The number of hydrogen-bond donors (Lipinski definition) is 0. The zero-order chi connectivity index (χ0) is 16.5. The number of fused-ring (bicyclic) bond motifs is 1. The minimum absolute atomic E-state index is 0.0782. The number of aromatic nitrogens is 1. The maximum atomic E-state index is 12.2. The molecule has 0 spiro atoms. The summed E-state index contributed by atoms with van der Waals surface area (Å²) in [6.45, 7) is 3.23. The summed E-state index contributed by atoms with van der Waals surface area (Å²) in [5, 5.41) is 10.2. The first-order valence-electron chi connectivity index (χ1n) is 8.89. The Bertz CT molecular complexity index is 648. The highest BCUT2D eigenvalue weighted by Gasteiger charge is 2.37. The van der Waals surface area contributed by atoms with Gasteiger partial charge in [-0.1, -0.05) is 19.3 Å². The summed E-state index contributed by atoms with van der Waals surface area (Å²) >= 11 is 1.83. The van der Waals surface area contributed by atoms with Crippen LogP contribution in [0.2, 0.25) is 0 Å². The van der Waals surface area contributed by atoms with Crippen molar-refractivity contribution in [2.75, 3.05) is 37.6 Å². The van der Waals surface area contributed by atoms with E-state index in [-0.39, 0.29) is 18.5 Å². The third kappa shape index (κ3) is 2.95. The highest BCUT2D eigenvalue weighted by molar-refractivity contribution is 7.15. The Kier molecular flexibility index (Phi) is 4.31. The maximum absolute atomic E-state index is 12.2. The Labute approximate surface area is 146 Å². The summed E-state index contributed by atoms with van der Waals surface area (Å²) in [5.41, 5.74) is 0. The van der Waals surface area contributed by atoms with Crippen molar-refractivity contribution in [3.05, 3.63) is 11.1 Å². The quantitative estimate of drug-likeness (QED) is 0.767. The SMILES string of the molecule is N#CN1CC(=O)N2CCN(c3ncc(C4CCCCC4)s3)CC2C1. The van der Waals surface area contributed by atoms with E-state index in [4.69, 9.17) is 5.26 Å². The van der Waals surface area contributed by atoms with Gasteiger partial charge in [0.1, 0.15) is 6.54 Å². The molecule has 1 aliphatic carbocycles. The lowest BCUT2D eigenvalue weighted by Gasteiger charge is -2.45. The Morgan fingerprint density at radius 1 is 1.21 bits per heavy atom. The van der Waals surface area contributed by atoms with Crippen molar-refractivity contribution in [3.8, 4) is 6.19 Å². The van der Waals surface area contributed by atoms with Gasteiger partial charge in [0, 0.05) is 30.7 Å². The Morgan fingerprint density at radius 3 is 2.83 bits per heavy atom. The normalized spacial score (nSPS) is 25.5. The van der Waals surface area contributed by atoms with E-state index in [1.54, 1.807) is 4.90 Å². The molecule has 3 aliphatic rings. The first kappa shape index (κ1) is 15.7. The van der Waals surface area contributed by atoms with Crippen LogP contribution in [0.25, 0.3) is 0 Å². The molecule has 1 aromatic heterocycles. The molecule has 1 unspecified atom stereocenters. The predicted molar refractivity (Wildman–Crippen MR) is 92.8 cm³/mol. The van der Waals surface area contributed by atoms with E-state index in [0.29, 0.717) is 12.5 Å². The lowest BCUT2D eigenvalue weighted by atomic mass is 9.89. The van der Waals surface area contributed by atoms with Crippen molar-refractivity contribution in [1.29, 1.82) is 5.26 Å². The van der Waals surface area contributed by atoms with Crippen LogP contribution in [0.1, 0.15) is 42.9 Å². The molecule has 0 bridgehead atoms. The fourth-order valence-corrected chi connectivity index (χ4v) is 5.28. The van der Waals surface area contributed by atoms with Gasteiger partial charge in [-0.2, -0.15) is 5.26 Å². The first-order valence-corrected chi connectivity index (χ1v) is 9.71. The average Bonchev–Trinajstić information content (AvgIpc) is 3.12. The van der Waals surface area contributed by atoms with Crippen molar-refractivity contribution in [2.45, 2.75) is 44.1 Å². The second-order valence-electron chi connectivity index (χ2n) is 7.05. The number of nitriles is 1. The highest BCUT2D eigenvalue weighted by Crippen LogP contribution is 2.38. The minimum atomic E-state index is 0.0782. The van der Waals surface area contributed by atoms with E-state index in [1.807, 2.05) is 16.2 Å². The number of anilines is 1. The number of carbonyl (C=O) groups excluding carboxylic acids is 1. The van der Waals surface area contributed by atoms with E-state index >= 15 is 0 Å². The summed E-state index contributed by atoms with van der Waals surface area (Å²) in [6.07, 6.45) is 10.8. The molecular weight excluding hydrogens is 322 g/mol. The van der Waals surface area contributed by atoms with Crippen LogP contribution in [0.15, 0.2) is 6.20 Å². The standard InChI is InChI=1S/C17H23N5OS/c18-12-20-9-14-10-21(6-7-22(14)16(23)11-20)17-19-8-15(24-17)13-4-2-1-3-5-13/h8,13-14H,1-7,9-11H2. The fourth-order valence-electron chi connectivity index (χ4n) is 4.16. The van der Waals surface area contributed by atoms with Gasteiger partial charge in [-0.25, -0.2) is 4.98 Å². The predicted octanol–water partition coefficient (Wildman–Crippen LogP) is 2.00. The molecule has 1 atom stereocenters. The van der Waals surface area contributed by atoms with Gasteiger partial charge in [-0.05, 0) is 18.8 Å². The molecule has 1 aromatic rings. The third-order valence-electron chi connectivity index (χ3n) is 5.49. The molecule has 4 rings (SSSR count). The van der Waals surface area contributed by atoms with Crippen molar-refractivity contribution in [1.82, 2.24) is 14.8 Å². The van der Waals surface area contributed by atoms with Gasteiger partial charge in [-0.15, -0.1) is 11.3 Å². The van der Waals surface area contributed by atoms with E-state index in [0.717, 1.165) is 24.8 Å². The maximum Gasteiger partial charge on any atom is 0.243 e. The number of nitrogens with zero attached hydrogens (tertiary/aromatic N) is 5. The Morgan fingerprint density at radius 2 is 2.04 bits per heavy atom. The van der Waals surface area contributed by atoms with E-state index in [2.05, 4.69) is 22.3 Å². The Hall–Kier alpha value is -1.81. The zero-order valence-corrected chi connectivity index (χ0v) is 14.7. The number of amides is 1. The molecule has 6 nitrogen and oxygen atoms in total. The monoisotopic (exact) mass is 345 g/mol. The molecule has 1 amide bonds. The highest BCUT2D eigenvalue weighted by atomic mass is 32.1. The van der Waals surface area contributed by atoms with E-state index < -0.39 is 0 Å². The number of hydrogen-bond acceptors (Lipinski definition) is 6. The van der Waals surface area contributed by atoms with Crippen molar-refractivity contribution in [2.24, 2.45) is 0 Å². The molecule has 2 saturated heterocycles. The summed E-state index contributed by atoms with van der Waals surface area (Å²) < 4.78 is 0. The third-order valence-corrected chi connectivity index (χ3v) is 6.71. The second-order valence-corrected chi connectivity index (χ2v) is 8.09. The van der Waals surface area contributed by atoms with Crippen LogP contribution in [0.5, 0.6) is 0 Å². The molecular formula is C17H23N5OS. The average molecular weight is 345 g/mol. The van der Waals surface area contributed by atoms with Gasteiger partial charge < -0.3 is 9.80 Å². The summed E-state index contributed by atoms with van der Waals surface area (Å²) in [7, 11) is 0. The van der Waals surface area contributed by atoms with Gasteiger partial charge >= 0.3 is 0 Å². The zero-order valence-electron chi connectivity index (χ0n) is 13.9. The molecule has 0 N–H and O–H groups in total. The summed E-state index contributed by atoms with van der Waals surface area (Å²) in [5.74, 6) is 0.770. The lowest BCUT2D eigenvalue weighted by molar-refractivity contribution is -0.138. The summed E-state index contributed by atoms with van der Waals surface area (Å²) in [6, 6.07) is 0.0988. The summed E-state index contributed by atoms with van der Waals surface area (Å²) in [4.78, 5) is 24.1. The molecule has 3 fully saturated rings. The number of piperazine rings is 2. The molecule has 128 valence electrons. The largest absolute Gasteiger partial charge is 0.344 e. The molecule has 1 saturated carbocycles. The van der Waals surface area contributed by atoms with Crippen molar-refractivity contribution >= 4 is 22.4 Å². The van der Waals surface area contributed by atoms with Gasteiger partial charge in [0.25, 0.3) is 0 Å². The number of rotatable bonds is 2. The second kappa shape index (κ2) is 6.60. The van der Waals surface area contributed by atoms with Gasteiger partial charge in [-0.3, -0.25) is 9.69 Å². The molecule has 24 heavy (non-hydrogen) atoms. The molecule has 0 aromatic carbocycles.